The summed E-state index contributed by atoms with van der Waals surface area (Å²) in [6, 6.07) is 31.6. The monoisotopic (exact) mass is 1830 g/mol. The largest absolute Gasteiger partial charge is 0.418 e. The van der Waals surface area contributed by atoms with Crippen molar-refractivity contribution in [3.63, 3.8) is 0 Å². The van der Waals surface area contributed by atoms with E-state index in [2.05, 4.69) is 104 Å². The van der Waals surface area contributed by atoms with Crippen LogP contribution in [0.1, 0.15) is 318 Å². The molecule has 7 aliphatic rings. The van der Waals surface area contributed by atoms with E-state index in [1.54, 1.807) is 18.9 Å². The molecule has 18 nitrogen and oxygen atoms in total. The summed E-state index contributed by atoms with van der Waals surface area (Å²) in [5, 5.41) is 65.0. The molecule has 26 heteroatoms. The Morgan fingerprint density at radius 1 is 0.339 bits per heavy atom. The molecule has 6 N–H and O–H groups in total. The Bertz CT molecular complexity index is 5550. The number of aliphatic hydroxyl groups excluding tert-OH is 6. The van der Waals surface area contributed by atoms with Crippen LogP contribution in [0.3, 0.4) is 0 Å². The minimum atomic E-state index is -4.48. The fraction of sp³-hybridized carbons (Fsp3) is 0.510. The fourth-order valence-electron chi connectivity index (χ4n) is 20.5. The summed E-state index contributed by atoms with van der Waals surface area (Å²) < 4.78 is 91.6. The first-order chi connectivity index (χ1) is 60.2. The van der Waals surface area contributed by atoms with Crippen LogP contribution in [0.2, 0.25) is 5.02 Å². The predicted octanol–water partition coefficient (Wildman–Crippen LogP) is 24.7. The number of alkyl halides is 6. The Kier molecular flexibility index (Phi) is 30.7. The van der Waals surface area contributed by atoms with Gasteiger partial charge in [0.05, 0.1) is 195 Å². The van der Waals surface area contributed by atoms with Crippen molar-refractivity contribution >= 4 is 67.3 Å². The fourth-order valence-corrected chi connectivity index (χ4v) is 21.6. The third-order valence-electron chi connectivity index (χ3n) is 27.4. The summed E-state index contributed by atoms with van der Waals surface area (Å²) >= 11 is 8.58. The molecule has 0 saturated heterocycles. The highest BCUT2D eigenvalue weighted by Gasteiger charge is 2.41. The number of hydrogen-bond acceptors (Lipinski definition) is 12. The Balaban J connectivity index is 0.000000115. The molecule has 0 bridgehead atoms. The Morgan fingerprint density at radius 3 is 1.12 bits per heavy atom. The van der Waals surface area contributed by atoms with Crippen molar-refractivity contribution in [2.24, 2.45) is 35.5 Å². The number of pyridine rings is 6. The molecule has 7 aliphatic carbocycles. The van der Waals surface area contributed by atoms with Gasteiger partial charge in [0.15, 0.2) is 0 Å². The quantitative estimate of drug-likeness (QED) is 0.0370. The number of imidazole rings is 6. The highest BCUT2D eigenvalue weighted by molar-refractivity contribution is 14.1. The zero-order valence-corrected chi connectivity index (χ0v) is 73.5. The van der Waals surface area contributed by atoms with Crippen molar-refractivity contribution in [3.8, 4) is 11.1 Å². The SMILES string of the molecule is OC(CC1CCCCC1)c1c(C(F)(F)F)ccc2cncn12.OC(CCC1CCCCC1)c1c(Cl)ccc2cncn12.OC(c1c(-c2ccccc2)ccc2cncn12)C1CCCCC1.OC(c1c(C(F)(F)F)ccc2cncn12)C1CCCCC1.OC(c1c(C2CC2)ccc2cncn12)C1CCCCC1.OC(c1c(I)ccc2cncn12)C1CCCCC1. The minimum absolute atomic E-state index is 0.0793. The van der Waals surface area contributed by atoms with E-state index >= 15 is 0 Å². The zero-order valence-electron chi connectivity index (χ0n) is 70.6. The van der Waals surface area contributed by atoms with Gasteiger partial charge in [-0.15, -0.1) is 0 Å². The van der Waals surface area contributed by atoms with Crippen molar-refractivity contribution in [1.82, 2.24) is 56.3 Å². The first-order valence-corrected chi connectivity index (χ1v) is 46.9. The van der Waals surface area contributed by atoms with Gasteiger partial charge in [-0.3, -0.25) is 17.6 Å². The van der Waals surface area contributed by atoms with Crippen LogP contribution in [0.25, 0.3) is 44.2 Å². The van der Waals surface area contributed by atoms with Crippen molar-refractivity contribution in [2.75, 3.05) is 0 Å². The van der Waals surface area contributed by atoms with Crippen molar-refractivity contribution < 1.29 is 57.0 Å². The van der Waals surface area contributed by atoms with E-state index in [1.165, 1.54) is 161 Å². The molecule has 20 rings (SSSR count). The number of fused-ring (bicyclic) bond motifs is 6. The number of rotatable bonds is 17. The van der Waals surface area contributed by atoms with Crippen LogP contribution < -0.4 is 0 Å². The predicted molar refractivity (Wildman–Crippen MR) is 479 cm³/mol. The molecular formula is C98H118ClF6IN12O6. The van der Waals surface area contributed by atoms with Gasteiger partial charge in [0, 0.05) is 9.13 Å². The number of aromatic nitrogens is 12. The maximum Gasteiger partial charge on any atom is 0.418 e. The molecule has 0 radical (unpaired) electrons. The highest BCUT2D eigenvalue weighted by Crippen LogP contribution is 2.48. The van der Waals surface area contributed by atoms with Gasteiger partial charge in [0.2, 0.25) is 0 Å². The summed E-state index contributed by atoms with van der Waals surface area (Å²) in [6.45, 7) is 0. The van der Waals surface area contributed by atoms with Gasteiger partial charge in [-0.25, -0.2) is 29.9 Å². The molecule has 0 amide bonds. The topological polar surface area (TPSA) is 225 Å². The molecule has 0 aliphatic heterocycles. The van der Waals surface area contributed by atoms with Crippen LogP contribution in [0, 0.1) is 39.1 Å². The summed E-state index contributed by atoms with van der Waals surface area (Å²) in [5.74, 6) is 2.79. The van der Waals surface area contributed by atoms with Crippen LogP contribution in [0.4, 0.5) is 26.3 Å². The van der Waals surface area contributed by atoms with Crippen LogP contribution >= 0.6 is 34.2 Å². The number of aliphatic hydroxyl groups is 6. The molecular weight excluding hydrogens is 1720 g/mol. The van der Waals surface area contributed by atoms with E-state index < -0.39 is 47.9 Å². The number of benzene rings is 1. The van der Waals surface area contributed by atoms with Crippen LogP contribution in [-0.2, 0) is 12.4 Å². The van der Waals surface area contributed by atoms with Gasteiger partial charge in [-0.2, -0.15) is 26.3 Å². The molecule has 662 valence electrons. The van der Waals surface area contributed by atoms with Crippen LogP contribution in [0.5, 0.6) is 0 Å². The van der Waals surface area contributed by atoms with Gasteiger partial charge in [-0.1, -0.05) is 195 Å². The minimum Gasteiger partial charge on any atom is -0.387 e. The van der Waals surface area contributed by atoms with E-state index in [0.29, 0.717) is 52.1 Å². The lowest BCUT2D eigenvalue weighted by atomic mass is 9.82. The van der Waals surface area contributed by atoms with Gasteiger partial charge < -0.3 is 39.4 Å². The van der Waals surface area contributed by atoms with Gasteiger partial charge >= 0.3 is 12.4 Å². The number of nitrogens with zero attached hydrogens (tertiary/aromatic N) is 12. The van der Waals surface area contributed by atoms with Gasteiger partial charge in [-0.05, 0) is 219 Å². The van der Waals surface area contributed by atoms with Gasteiger partial charge in [0.25, 0.3) is 0 Å². The van der Waals surface area contributed by atoms with Crippen molar-refractivity contribution in [1.29, 1.82) is 0 Å². The van der Waals surface area contributed by atoms with Crippen LogP contribution in [-0.4, -0.2) is 86.9 Å². The zero-order chi connectivity index (χ0) is 86.4. The number of hydrogen-bond donors (Lipinski definition) is 6. The summed E-state index contributed by atoms with van der Waals surface area (Å²) in [7, 11) is 0. The standard InChI is InChI=1S/C20H22N2O.C17H22N2O.C16H21ClN2O.C16H19F3N2O.C15H17F3N2O.C14H17IN2O/c23-20(16-9-5-2-6-10-16)19-18(15-7-3-1-4-8-15)12-11-17-13-21-14-22(17)19;20-17(13-4-2-1-3-5-13)16-15(12-6-7-12)9-8-14-10-18-11-19(14)16;17-14-8-7-13-10-18-11-19(13)16(14)15(20)9-6-12-4-2-1-3-5-12;17-16(18,19)13-7-6-12-9-20-10-21(12)15(13)14(22)8-11-4-2-1-3-5-11;16-15(17,18)12-7-6-11-8-19-9-20(11)13(12)14(21)10-4-2-1-3-5-10;15-12-7-6-11-8-16-9-17(11)13(12)14(18)10-4-2-1-3-5-10/h1,3-4,7-8,11-14,16,20,23H,2,5-6,9-10H2;8-13,17,20H,1-7H2;7-8,10-12,15,20H,1-6,9H2;6-7,9-11,14,22H,1-5,8H2;6-10,14,21H,1-5H2;6-10,14,18H,1-5H2. The smallest absolute Gasteiger partial charge is 0.387 e. The molecule has 12 aromatic heterocycles. The molecule has 6 unspecified atom stereocenters. The first-order valence-electron chi connectivity index (χ1n) is 45.5. The average molecular weight is 1840 g/mol. The normalized spacial score (nSPS) is 19.1. The van der Waals surface area contributed by atoms with E-state index in [1.807, 2.05) is 76.4 Å². The molecule has 1 aromatic carbocycles. The van der Waals surface area contributed by atoms with Crippen molar-refractivity contribution in [3.05, 3.63) is 238 Å². The molecule has 12 heterocycles. The van der Waals surface area contributed by atoms with E-state index in [9.17, 15) is 57.0 Å². The highest BCUT2D eigenvalue weighted by atomic mass is 127. The molecule has 13 aromatic rings. The average Bonchev–Trinajstić information content (AvgIpc) is 1.60. The second kappa shape index (κ2) is 42.1. The third-order valence-corrected chi connectivity index (χ3v) is 28.6. The second-order valence-electron chi connectivity index (χ2n) is 35.7. The Labute approximate surface area is 739 Å². The lowest BCUT2D eigenvalue weighted by Crippen LogP contribution is -2.22. The molecule has 7 fully saturated rings. The summed E-state index contributed by atoms with van der Waals surface area (Å²) in [4.78, 5) is 24.6. The molecule has 124 heavy (non-hydrogen) atoms. The summed E-state index contributed by atoms with van der Waals surface area (Å²) in [6.07, 6.45) is 47.0. The third kappa shape index (κ3) is 21.8. The van der Waals surface area contributed by atoms with Crippen LogP contribution in [0.15, 0.2) is 178 Å². The lowest BCUT2D eigenvalue weighted by molar-refractivity contribution is -0.140. The molecule has 6 atom stereocenters. The second-order valence-corrected chi connectivity index (χ2v) is 37.3. The van der Waals surface area contributed by atoms with E-state index in [4.69, 9.17) is 11.6 Å². The summed E-state index contributed by atoms with van der Waals surface area (Å²) in [5.41, 5.74) is 11.1. The maximum absolute atomic E-state index is 13.3. The van der Waals surface area contributed by atoms with Crippen molar-refractivity contribution in [2.45, 2.75) is 280 Å². The first kappa shape index (κ1) is 90.5. The molecule has 7 saturated carbocycles. The number of halogens is 8. The Morgan fingerprint density at radius 2 is 0.677 bits per heavy atom. The lowest BCUT2D eigenvalue weighted by Gasteiger charge is -2.29. The molecule has 0 spiro atoms. The Hall–Kier alpha value is -8.28. The van der Waals surface area contributed by atoms with E-state index in [-0.39, 0.29) is 29.5 Å². The van der Waals surface area contributed by atoms with E-state index in [0.717, 1.165) is 187 Å². The van der Waals surface area contributed by atoms with Gasteiger partial charge in [0.1, 0.15) is 0 Å². The maximum atomic E-state index is 13.3.